The predicted molar refractivity (Wildman–Crippen MR) is 82.7 cm³/mol. The third-order valence-electron chi connectivity index (χ3n) is 3.82. The topological polar surface area (TPSA) is 64.0 Å². The van der Waals surface area contributed by atoms with E-state index in [1.165, 1.54) is 11.8 Å². The molecule has 1 aromatic heterocycles. The Morgan fingerprint density at radius 3 is 2.78 bits per heavy atom. The fraction of sp³-hybridized carbons (Fsp3) is 0.267. The number of anilines is 1. The van der Waals surface area contributed by atoms with Gasteiger partial charge in [-0.25, -0.2) is 8.78 Å². The smallest absolute Gasteiger partial charge is 0.279 e. The van der Waals surface area contributed by atoms with Gasteiger partial charge in [0, 0.05) is 19.4 Å². The fourth-order valence-electron chi connectivity index (χ4n) is 2.77. The monoisotopic (exact) mass is 337 g/mol. The molecule has 0 fully saturated rings. The predicted octanol–water partition coefficient (Wildman–Crippen LogP) is 2.25. The molecule has 0 unspecified atom stereocenters. The quantitative estimate of drug-likeness (QED) is 0.674. The normalized spacial score (nSPS) is 16.9. The van der Waals surface area contributed by atoms with E-state index in [4.69, 9.17) is 0 Å². The number of rotatable bonds is 2. The average molecular weight is 337 g/mol. The van der Waals surface area contributed by atoms with Gasteiger partial charge < -0.3 is 9.88 Å². The number of hydrogen-bond donors (Lipinski definition) is 1. The molecule has 1 aromatic carbocycles. The molecule has 0 aliphatic carbocycles. The average Bonchev–Trinajstić information content (AvgIpc) is 2.52. The first kappa shape index (κ1) is 15.7. The van der Waals surface area contributed by atoms with Gasteiger partial charge in [-0.2, -0.15) is 4.98 Å². The van der Waals surface area contributed by atoms with Crippen molar-refractivity contribution in [3.05, 3.63) is 51.3 Å². The SMILES string of the molecule is CSc1nc(=O)c2c(n1C)NC(=O)C[C@@H]2c1cc(F)ccc1F. The Balaban J connectivity index is 2.28. The Bertz CT molecular complexity index is 867. The van der Waals surface area contributed by atoms with Gasteiger partial charge in [-0.05, 0) is 30.0 Å². The maximum Gasteiger partial charge on any atom is 0.279 e. The molecule has 120 valence electrons. The number of benzene rings is 1. The van der Waals surface area contributed by atoms with E-state index < -0.39 is 23.1 Å². The molecule has 5 nitrogen and oxygen atoms in total. The van der Waals surface area contributed by atoms with Gasteiger partial charge in [0.1, 0.15) is 17.5 Å². The van der Waals surface area contributed by atoms with E-state index in [1.807, 2.05) is 0 Å². The van der Waals surface area contributed by atoms with Crippen LogP contribution < -0.4 is 10.9 Å². The van der Waals surface area contributed by atoms with Gasteiger partial charge >= 0.3 is 0 Å². The van der Waals surface area contributed by atoms with E-state index in [1.54, 1.807) is 17.9 Å². The zero-order valence-electron chi connectivity index (χ0n) is 12.4. The number of nitrogens with one attached hydrogen (secondary N) is 1. The highest BCUT2D eigenvalue weighted by Gasteiger charge is 2.33. The van der Waals surface area contributed by atoms with Crippen molar-refractivity contribution in [1.82, 2.24) is 9.55 Å². The number of carbonyl (C=O) groups excluding carboxylic acids is 1. The van der Waals surface area contributed by atoms with E-state index in [-0.39, 0.29) is 29.3 Å². The molecule has 1 aliphatic heterocycles. The Morgan fingerprint density at radius 2 is 2.09 bits per heavy atom. The standard InChI is InChI=1S/C15H13F2N3O2S/c1-20-13-12(14(22)19-15(20)23-2)9(6-11(21)18-13)8-5-7(16)3-4-10(8)17/h3-5,9H,6H2,1-2H3,(H,18,21)/t9-/m1/s1. The van der Waals surface area contributed by atoms with E-state index in [0.29, 0.717) is 5.16 Å². The summed E-state index contributed by atoms with van der Waals surface area (Å²) in [5.74, 6) is -2.23. The molecular weight excluding hydrogens is 324 g/mol. The largest absolute Gasteiger partial charge is 0.312 e. The molecule has 23 heavy (non-hydrogen) atoms. The van der Waals surface area contributed by atoms with Crippen LogP contribution in [0.3, 0.4) is 0 Å². The number of hydrogen-bond acceptors (Lipinski definition) is 4. The molecule has 0 radical (unpaired) electrons. The lowest BCUT2D eigenvalue weighted by molar-refractivity contribution is -0.116. The summed E-state index contributed by atoms with van der Waals surface area (Å²) in [5, 5.41) is 3.06. The minimum Gasteiger partial charge on any atom is -0.312 e. The first-order valence-electron chi connectivity index (χ1n) is 6.82. The maximum absolute atomic E-state index is 14.1. The van der Waals surface area contributed by atoms with Crippen LogP contribution in [-0.4, -0.2) is 21.7 Å². The highest BCUT2D eigenvalue weighted by atomic mass is 32.2. The molecule has 2 aromatic rings. The lowest BCUT2D eigenvalue weighted by Gasteiger charge is -2.27. The molecule has 0 spiro atoms. The number of halogens is 2. The zero-order valence-corrected chi connectivity index (χ0v) is 13.2. The number of aromatic nitrogens is 2. The lowest BCUT2D eigenvalue weighted by Crippen LogP contribution is -2.33. The molecule has 3 rings (SSSR count). The Hall–Kier alpha value is -2.22. The van der Waals surface area contributed by atoms with Crippen LogP contribution in [0, 0.1) is 11.6 Å². The van der Waals surface area contributed by atoms with Gasteiger partial charge in [-0.1, -0.05) is 11.8 Å². The van der Waals surface area contributed by atoms with E-state index in [0.717, 1.165) is 18.2 Å². The second-order valence-corrected chi connectivity index (χ2v) is 5.97. The molecule has 1 aliphatic rings. The minimum absolute atomic E-state index is 0.0168. The molecule has 8 heteroatoms. The molecular formula is C15H13F2N3O2S. The van der Waals surface area contributed by atoms with Gasteiger partial charge in [-0.15, -0.1) is 0 Å². The summed E-state index contributed by atoms with van der Waals surface area (Å²) in [4.78, 5) is 28.3. The number of thioether (sulfide) groups is 1. The van der Waals surface area contributed by atoms with Crippen LogP contribution in [0.15, 0.2) is 28.2 Å². The third-order valence-corrected chi connectivity index (χ3v) is 4.55. The molecule has 0 bridgehead atoms. The van der Waals surface area contributed by atoms with Gasteiger partial charge in [0.25, 0.3) is 5.56 Å². The number of amides is 1. The minimum atomic E-state index is -0.864. The second-order valence-electron chi connectivity index (χ2n) is 5.20. The van der Waals surface area contributed by atoms with Gasteiger partial charge in [0.05, 0.1) is 5.56 Å². The van der Waals surface area contributed by atoms with E-state index in [9.17, 15) is 18.4 Å². The maximum atomic E-state index is 14.1. The molecule has 1 atom stereocenters. The summed E-state index contributed by atoms with van der Waals surface area (Å²) >= 11 is 1.25. The van der Waals surface area contributed by atoms with Crippen molar-refractivity contribution in [3.8, 4) is 0 Å². The number of fused-ring (bicyclic) bond motifs is 1. The molecule has 0 saturated carbocycles. The summed E-state index contributed by atoms with van der Waals surface area (Å²) in [7, 11) is 1.65. The van der Waals surface area contributed by atoms with Crippen molar-refractivity contribution in [1.29, 1.82) is 0 Å². The Labute approximate surface area is 134 Å². The second kappa shape index (κ2) is 5.77. The summed E-state index contributed by atoms with van der Waals surface area (Å²) in [6.07, 6.45) is 1.62. The van der Waals surface area contributed by atoms with Crippen LogP contribution in [0.25, 0.3) is 0 Å². The van der Waals surface area contributed by atoms with Crippen molar-refractivity contribution >= 4 is 23.5 Å². The third kappa shape index (κ3) is 2.63. The fourth-order valence-corrected chi connectivity index (χ4v) is 3.30. The number of carbonyl (C=O) groups is 1. The summed E-state index contributed by atoms with van der Waals surface area (Å²) in [6.45, 7) is 0. The lowest BCUT2D eigenvalue weighted by atomic mass is 9.86. The van der Waals surface area contributed by atoms with Crippen molar-refractivity contribution in [2.24, 2.45) is 7.05 Å². The Morgan fingerprint density at radius 1 is 1.35 bits per heavy atom. The highest BCUT2D eigenvalue weighted by molar-refractivity contribution is 7.98. The van der Waals surface area contributed by atoms with Gasteiger partial charge in [0.2, 0.25) is 5.91 Å². The van der Waals surface area contributed by atoms with Crippen LogP contribution in [0.1, 0.15) is 23.5 Å². The molecule has 1 amide bonds. The van der Waals surface area contributed by atoms with Crippen molar-refractivity contribution in [3.63, 3.8) is 0 Å². The summed E-state index contributed by atoms with van der Waals surface area (Å²) in [6, 6.07) is 3.01. The zero-order chi connectivity index (χ0) is 16.7. The summed E-state index contributed by atoms with van der Waals surface area (Å²) < 4.78 is 29.2. The van der Waals surface area contributed by atoms with E-state index in [2.05, 4.69) is 10.3 Å². The van der Waals surface area contributed by atoms with Crippen LogP contribution in [0.2, 0.25) is 0 Å². The van der Waals surface area contributed by atoms with Crippen molar-refractivity contribution in [2.45, 2.75) is 17.5 Å². The molecule has 2 heterocycles. The van der Waals surface area contributed by atoms with Crippen molar-refractivity contribution < 1.29 is 13.6 Å². The van der Waals surface area contributed by atoms with E-state index >= 15 is 0 Å². The molecule has 1 N–H and O–H groups in total. The van der Waals surface area contributed by atoms with Crippen molar-refractivity contribution in [2.75, 3.05) is 11.6 Å². The highest BCUT2D eigenvalue weighted by Crippen LogP contribution is 2.36. The van der Waals surface area contributed by atoms with Crippen LogP contribution in [0.4, 0.5) is 14.6 Å². The molecule has 0 saturated heterocycles. The summed E-state index contributed by atoms with van der Waals surface area (Å²) in [5.41, 5.74) is -0.387. The first-order valence-corrected chi connectivity index (χ1v) is 8.04. The van der Waals surface area contributed by atoms with Crippen LogP contribution >= 0.6 is 11.8 Å². The van der Waals surface area contributed by atoms with Crippen LogP contribution in [-0.2, 0) is 11.8 Å². The van der Waals surface area contributed by atoms with Gasteiger partial charge in [0.15, 0.2) is 5.16 Å². The van der Waals surface area contributed by atoms with Gasteiger partial charge in [-0.3, -0.25) is 9.59 Å². The Kier molecular flexibility index (Phi) is 3.93. The first-order chi connectivity index (χ1) is 10.9. The number of nitrogens with zero attached hydrogens (tertiary/aromatic N) is 2. The van der Waals surface area contributed by atoms with Crippen LogP contribution in [0.5, 0.6) is 0 Å².